The number of hydrogen-bond acceptors (Lipinski definition) is 4. The number of rotatable bonds is 6. The second-order valence-corrected chi connectivity index (χ2v) is 7.58. The molecule has 0 N–H and O–H groups in total. The summed E-state index contributed by atoms with van der Waals surface area (Å²) in [5, 5.41) is 0. The fourth-order valence-electron chi connectivity index (χ4n) is 3.83. The lowest BCUT2D eigenvalue weighted by Crippen LogP contribution is -2.51. The number of fused-ring (bicyclic) bond motifs is 4. The molecule has 6 heteroatoms. The van der Waals surface area contributed by atoms with Gasteiger partial charge in [0.05, 0.1) is 13.0 Å². The summed E-state index contributed by atoms with van der Waals surface area (Å²) in [5.41, 5.74) is 1.13. The Morgan fingerprint density at radius 2 is 1.96 bits per heavy atom. The van der Waals surface area contributed by atoms with Crippen LogP contribution in [0.4, 0.5) is 0 Å². The van der Waals surface area contributed by atoms with Gasteiger partial charge in [0.1, 0.15) is 12.3 Å². The molecule has 2 bridgehead atoms. The van der Waals surface area contributed by atoms with Crippen molar-refractivity contribution in [3.05, 3.63) is 35.9 Å². The molecule has 3 heterocycles. The molecule has 0 spiro atoms. The van der Waals surface area contributed by atoms with E-state index in [0.717, 1.165) is 43.8 Å². The van der Waals surface area contributed by atoms with Crippen molar-refractivity contribution in [2.45, 2.75) is 18.9 Å². The maximum Gasteiger partial charge on any atom is 0.241 e. The molecule has 2 amide bonds. The predicted octanol–water partition coefficient (Wildman–Crippen LogP) is 1.72. The van der Waals surface area contributed by atoms with E-state index < -0.39 is 0 Å². The molecule has 1 aromatic carbocycles. The molecule has 2 atom stereocenters. The molecule has 27 heavy (non-hydrogen) atoms. The highest BCUT2D eigenvalue weighted by Crippen LogP contribution is 2.29. The minimum absolute atomic E-state index is 0.00750. The zero-order chi connectivity index (χ0) is 19.4. The van der Waals surface area contributed by atoms with Gasteiger partial charge in [-0.15, -0.1) is 0 Å². The molecule has 3 saturated heterocycles. The Balaban J connectivity index is 1.61. The van der Waals surface area contributed by atoms with Crippen molar-refractivity contribution in [2.75, 3.05) is 47.4 Å². The first-order valence-corrected chi connectivity index (χ1v) is 9.51. The van der Waals surface area contributed by atoms with Crippen molar-refractivity contribution in [3.63, 3.8) is 0 Å². The average molecular weight is 371 g/mol. The summed E-state index contributed by atoms with van der Waals surface area (Å²) in [6.45, 7) is 2.61. The summed E-state index contributed by atoms with van der Waals surface area (Å²) in [6, 6.07) is 8.09. The molecular weight excluding hydrogens is 342 g/mol. The number of likely N-dealkylation sites (N-methyl/N-ethyl adjacent to an activating group) is 1. The van der Waals surface area contributed by atoms with Gasteiger partial charge < -0.3 is 14.5 Å². The maximum atomic E-state index is 12.8. The Hall–Kier alpha value is -2.34. The number of benzene rings is 1. The van der Waals surface area contributed by atoms with Crippen LogP contribution in [0.3, 0.4) is 0 Å². The summed E-state index contributed by atoms with van der Waals surface area (Å²) in [6.07, 6.45) is 6.15. The fraction of sp³-hybridized carbons (Fsp3) is 0.524. The molecule has 3 aliphatic rings. The topological polar surface area (TPSA) is 53.1 Å². The monoisotopic (exact) mass is 371 g/mol. The van der Waals surface area contributed by atoms with Crippen molar-refractivity contribution >= 4 is 17.9 Å². The molecule has 0 aliphatic carbocycles. The molecule has 0 saturated carbocycles. The van der Waals surface area contributed by atoms with Crippen LogP contribution in [0.25, 0.3) is 6.08 Å². The molecule has 4 rings (SSSR count). The van der Waals surface area contributed by atoms with Crippen LogP contribution in [0.2, 0.25) is 0 Å². The first kappa shape index (κ1) is 19.4. The van der Waals surface area contributed by atoms with E-state index in [2.05, 4.69) is 17.1 Å². The van der Waals surface area contributed by atoms with E-state index in [0.29, 0.717) is 0 Å². The highest BCUT2D eigenvalue weighted by Gasteiger charge is 2.41. The molecule has 3 fully saturated rings. The molecule has 0 radical (unpaired) electrons. The van der Waals surface area contributed by atoms with Gasteiger partial charge in [0.15, 0.2) is 0 Å². The summed E-state index contributed by atoms with van der Waals surface area (Å²) >= 11 is 0. The zero-order valence-electron chi connectivity index (χ0n) is 16.4. The highest BCUT2D eigenvalue weighted by atomic mass is 16.5. The molecule has 1 aromatic rings. The third kappa shape index (κ3) is 4.69. The summed E-state index contributed by atoms with van der Waals surface area (Å²) in [4.78, 5) is 30.6. The van der Waals surface area contributed by atoms with Crippen molar-refractivity contribution in [1.82, 2.24) is 14.7 Å². The average Bonchev–Trinajstić information content (AvgIpc) is 2.94. The number of methoxy groups -OCH3 is 1. The van der Waals surface area contributed by atoms with E-state index in [1.165, 1.54) is 0 Å². The van der Waals surface area contributed by atoms with Gasteiger partial charge in [0.25, 0.3) is 0 Å². The normalized spacial score (nSPS) is 22.9. The van der Waals surface area contributed by atoms with Gasteiger partial charge in [-0.1, -0.05) is 24.3 Å². The number of ether oxygens (including phenoxy) is 1. The minimum Gasteiger partial charge on any atom is -0.497 e. The number of hydrogen-bond donors (Lipinski definition) is 0. The Bertz CT molecular complexity index is 699. The molecule has 146 valence electrons. The fourth-order valence-corrected chi connectivity index (χ4v) is 3.83. The van der Waals surface area contributed by atoms with Gasteiger partial charge >= 0.3 is 0 Å². The highest BCUT2D eigenvalue weighted by molar-refractivity contribution is 5.86. The second kappa shape index (κ2) is 8.57. The van der Waals surface area contributed by atoms with Gasteiger partial charge in [-0.05, 0) is 30.5 Å². The number of carbonyl (C=O) groups is 2. The van der Waals surface area contributed by atoms with Gasteiger partial charge in [0, 0.05) is 39.8 Å². The minimum atomic E-state index is -0.0122. The van der Waals surface area contributed by atoms with Crippen LogP contribution in [0, 0.1) is 5.92 Å². The van der Waals surface area contributed by atoms with E-state index in [4.69, 9.17) is 4.74 Å². The Labute approximate surface area is 161 Å². The number of amides is 2. The smallest absolute Gasteiger partial charge is 0.241 e. The summed E-state index contributed by atoms with van der Waals surface area (Å²) in [5.74, 6) is 0.986. The summed E-state index contributed by atoms with van der Waals surface area (Å²) in [7, 11) is 5.13. The van der Waals surface area contributed by atoms with Crippen LogP contribution in [-0.2, 0) is 9.59 Å². The Kier molecular flexibility index (Phi) is 6.16. The van der Waals surface area contributed by atoms with E-state index in [9.17, 15) is 9.59 Å². The lowest BCUT2D eigenvalue weighted by atomic mass is 9.94. The third-order valence-corrected chi connectivity index (χ3v) is 5.46. The van der Waals surface area contributed by atoms with Crippen LogP contribution < -0.4 is 4.74 Å². The van der Waals surface area contributed by atoms with Crippen LogP contribution in [0.1, 0.15) is 18.4 Å². The van der Waals surface area contributed by atoms with E-state index in [1.807, 2.05) is 29.2 Å². The van der Waals surface area contributed by atoms with E-state index >= 15 is 0 Å². The Morgan fingerprint density at radius 3 is 2.63 bits per heavy atom. The molecule has 2 unspecified atom stereocenters. The predicted molar refractivity (Wildman–Crippen MR) is 105 cm³/mol. The SMILES string of the molecule is COc1ccc(C=CCN2CC3CCC(C2)N(CC(=O)N(C)C)C3=O)cc1. The zero-order valence-corrected chi connectivity index (χ0v) is 16.4. The van der Waals surface area contributed by atoms with Crippen molar-refractivity contribution in [2.24, 2.45) is 5.92 Å². The second-order valence-electron chi connectivity index (χ2n) is 7.58. The van der Waals surface area contributed by atoms with Gasteiger partial charge in [-0.2, -0.15) is 0 Å². The molecule has 3 aliphatic heterocycles. The quantitative estimate of drug-likeness (QED) is 0.764. The molecule has 6 nitrogen and oxygen atoms in total. The van der Waals surface area contributed by atoms with Crippen LogP contribution >= 0.6 is 0 Å². The van der Waals surface area contributed by atoms with Crippen LogP contribution in [-0.4, -0.2) is 79.9 Å². The van der Waals surface area contributed by atoms with Crippen molar-refractivity contribution in [1.29, 1.82) is 0 Å². The van der Waals surface area contributed by atoms with Gasteiger partial charge in [0.2, 0.25) is 11.8 Å². The number of piperidine rings is 1. The van der Waals surface area contributed by atoms with Crippen LogP contribution in [0.5, 0.6) is 5.75 Å². The lowest BCUT2D eigenvalue weighted by Gasteiger charge is -2.36. The van der Waals surface area contributed by atoms with Crippen LogP contribution in [0.15, 0.2) is 30.3 Å². The third-order valence-electron chi connectivity index (χ3n) is 5.46. The number of carbonyl (C=O) groups excluding carboxylic acids is 2. The van der Waals surface area contributed by atoms with Crippen molar-refractivity contribution < 1.29 is 14.3 Å². The molecule has 0 aromatic heterocycles. The van der Waals surface area contributed by atoms with Gasteiger partial charge in [-0.3, -0.25) is 14.5 Å². The standard InChI is InChI=1S/C21H29N3O3/c1-22(2)20(25)15-24-18-9-8-17(21(24)26)13-23(14-18)12-4-5-16-6-10-19(27-3)11-7-16/h4-7,10-11,17-18H,8-9,12-15H2,1-3H3. The first-order chi connectivity index (χ1) is 13.0. The van der Waals surface area contributed by atoms with E-state index in [-0.39, 0.29) is 30.3 Å². The summed E-state index contributed by atoms with van der Waals surface area (Å²) < 4.78 is 5.18. The maximum absolute atomic E-state index is 12.8. The Morgan fingerprint density at radius 1 is 1.22 bits per heavy atom. The largest absolute Gasteiger partial charge is 0.497 e. The molecular formula is C21H29N3O3. The number of nitrogens with zero attached hydrogens (tertiary/aromatic N) is 3. The van der Waals surface area contributed by atoms with E-state index in [1.54, 1.807) is 26.1 Å². The lowest BCUT2D eigenvalue weighted by molar-refractivity contribution is -0.145. The van der Waals surface area contributed by atoms with Crippen molar-refractivity contribution in [3.8, 4) is 5.75 Å². The first-order valence-electron chi connectivity index (χ1n) is 9.51. The van der Waals surface area contributed by atoms with Gasteiger partial charge in [-0.25, -0.2) is 0 Å².